The van der Waals surface area contributed by atoms with Crippen LogP contribution in [0.15, 0.2) is 47.1 Å². The number of pyridine rings is 1. The van der Waals surface area contributed by atoms with Crippen molar-refractivity contribution in [1.82, 2.24) is 15.2 Å². The van der Waals surface area contributed by atoms with Crippen LogP contribution in [0, 0.1) is 0 Å². The third-order valence-corrected chi connectivity index (χ3v) is 5.92. The van der Waals surface area contributed by atoms with Gasteiger partial charge in [0.1, 0.15) is 17.1 Å². The van der Waals surface area contributed by atoms with Crippen molar-refractivity contribution in [2.24, 2.45) is 0 Å². The van der Waals surface area contributed by atoms with Crippen LogP contribution in [-0.4, -0.2) is 42.0 Å². The maximum atomic E-state index is 12.9. The van der Waals surface area contributed by atoms with Gasteiger partial charge in [-0.15, -0.1) is 12.4 Å². The second-order valence-electron chi connectivity index (χ2n) is 7.75. The Balaban J connectivity index is 0.00000218. The van der Waals surface area contributed by atoms with Crippen LogP contribution in [0.3, 0.4) is 0 Å². The summed E-state index contributed by atoms with van der Waals surface area (Å²) < 4.78 is 11.9. The lowest BCUT2D eigenvalue weighted by atomic mass is 9.96. The summed E-state index contributed by atoms with van der Waals surface area (Å²) in [5.74, 6) is 1.82. The van der Waals surface area contributed by atoms with Gasteiger partial charge < -0.3 is 19.4 Å². The molecule has 1 N–H and O–H groups in total. The first kappa shape index (κ1) is 20.7. The van der Waals surface area contributed by atoms with E-state index < -0.39 is 0 Å². The molecule has 158 valence electrons. The molecule has 7 heteroatoms. The summed E-state index contributed by atoms with van der Waals surface area (Å²) in [4.78, 5) is 19.0. The molecule has 1 fully saturated rings. The van der Waals surface area contributed by atoms with Crippen molar-refractivity contribution in [3.8, 4) is 5.75 Å². The van der Waals surface area contributed by atoms with Gasteiger partial charge >= 0.3 is 0 Å². The quantitative estimate of drug-likeness (QED) is 0.687. The van der Waals surface area contributed by atoms with Crippen molar-refractivity contribution < 1.29 is 13.9 Å². The number of furan rings is 1. The van der Waals surface area contributed by atoms with Crippen molar-refractivity contribution in [2.45, 2.75) is 31.7 Å². The SMILES string of the molecule is Cl.O=C(COc1ccc2oc3c(c2c1)CCCC3)N1CCNCC1c1cccnc1. The molecule has 1 amide bonds. The molecule has 5 rings (SSSR count). The van der Waals surface area contributed by atoms with E-state index in [2.05, 4.69) is 10.3 Å². The van der Waals surface area contributed by atoms with Crippen molar-refractivity contribution >= 4 is 29.3 Å². The van der Waals surface area contributed by atoms with E-state index in [9.17, 15) is 4.79 Å². The normalized spacial score (nSPS) is 18.5. The number of hydrogen-bond acceptors (Lipinski definition) is 5. The van der Waals surface area contributed by atoms with E-state index in [1.54, 1.807) is 6.20 Å². The molecule has 0 spiro atoms. The second kappa shape index (κ2) is 9.06. The molecule has 1 aromatic carbocycles. The molecule has 2 aromatic heterocycles. The average molecular weight is 428 g/mol. The minimum atomic E-state index is -0.0167. The molecule has 1 saturated heterocycles. The van der Waals surface area contributed by atoms with Gasteiger partial charge in [0.2, 0.25) is 0 Å². The molecule has 6 nitrogen and oxygen atoms in total. The van der Waals surface area contributed by atoms with Crippen LogP contribution in [0.1, 0.15) is 35.8 Å². The van der Waals surface area contributed by atoms with E-state index in [0.717, 1.165) is 48.2 Å². The monoisotopic (exact) mass is 427 g/mol. The van der Waals surface area contributed by atoms with Crippen LogP contribution in [-0.2, 0) is 17.6 Å². The second-order valence-corrected chi connectivity index (χ2v) is 7.75. The van der Waals surface area contributed by atoms with Crippen LogP contribution in [0.2, 0.25) is 0 Å². The number of hydrogen-bond donors (Lipinski definition) is 1. The van der Waals surface area contributed by atoms with Crippen molar-refractivity contribution in [2.75, 3.05) is 26.2 Å². The summed E-state index contributed by atoms with van der Waals surface area (Å²) >= 11 is 0. The molecule has 3 heterocycles. The van der Waals surface area contributed by atoms with Crippen molar-refractivity contribution in [3.05, 3.63) is 59.6 Å². The minimum Gasteiger partial charge on any atom is -0.484 e. The number of fused-ring (bicyclic) bond motifs is 3. The summed E-state index contributed by atoms with van der Waals surface area (Å²) in [5.41, 5.74) is 3.26. The maximum Gasteiger partial charge on any atom is 0.261 e. The number of piperazine rings is 1. The first-order chi connectivity index (χ1) is 14.3. The summed E-state index contributed by atoms with van der Waals surface area (Å²) in [5, 5.41) is 4.49. The van der Waals surface area contributed by atoms with Crippen LogP contribution >= 0.6 is 12.4 Å². The fourth-order valence-electron chi connectivity index (χ4n) is 4.43. The zero-order valence-corrected chi connectivity index (χ0v) is 17.6. The average Bonchev–Trinajstić information content (AvgIpc) is 3.16. The number of amides is 1. The molecular formula is C23H26ClN3O3. The topological polar surface area (TPSA) is 67.6 Å². The molecule has 1 unspecified atom stereocenters. The predicted molar refractivity (Wildman–Crippen MR) is 117 cm³/mol. The highest BCUT2D eigenvalue weighted by Gasteiger charge is 2.28. The highest BCUT2D eigenvalue weighted by Crippen LogP contribution is 2.34. The molecule has 0 saturated carbocycles. The number of halogens is 1. The number of nitrogens with zero attached hydrogens (tertiary/aromatic N) is 2. The Morgan fingerprint density at radius 3 is 3.03 bits per heavy atom. The summed E-state index contributed by atoms with van der Waals surface area (Å²) in [7, 11) is 0. The lowest BCUT2D eigenvalue weighted by molar-refractivity contribution is -0.136. The summed E-state index contributed by atoms with van der Waals surface area (Å²) in [6.45, 7) is 2.21. The van der Waals surface area contributed by atoms with Gasteiger partial charge in [-0.3, -0.25) is 9.78 Å². The van der Waals surface area contributed by atoms with Crippen molar-refractivity contribution in [3.63, 3.8) is 0 Å². The van der Waals surface area contributed by atoms with Gasteiger partial charge in [0.25, 0.3) is 5.91 Å². The van der Waals surface area contributed by atoms with Crippen molar-refractivity contribution in [1.29, 1.82) is 0 Å². The third kappa shape index (κ3) is 4.02. The van der Waals surface area contributed by atoms with Crippen LogP contribution in [0.4, 0.5) is 0 Å². The van der Waals surface area contributed by atoms with Crippen LogP contribution in [0.25, 0.3) is 11.0 Å². The van der Waals surface area contributed by atoms with Gasteiger partial charge in [0, 0.05) is 49.4 Å². The standard InChI is InChI=1S/C23H25N3O3.ClH/c27-23(26-11-10-25-14-20(26)16-4-3-9-24-13-16)15-28-17-7-8-22-19(12-17)18-5-1-2-6-21(18)29-22;/h3-4,7-9,12-13,20,25H,1-2,5-6,10-11,14-15H2;1H. The van der Waals surface area contributed by atoms with Gasteiger partial charge in [-0.25, -0.2) is 0 Å². The fourth-order valence-corrected chi connectivity index (χ4v) is 4.43. The Morgan fingerprint density at radius 2 is 2.17 bits per heavy atom. The van der Waals surface area contributed by atoms with E-state index in [1.807, 2.05) is 41.4 Å². The number of ether oxygens (including phenoxy) is 1. The predicted octanol–water partition coefficient (Wildman–Crippen LogP) is 3.68. The Labute approximate surface area is 182 Å². The zero-order valence-electron chi connectivity index (χ0n) is 16.8. The van der Waals surface area contributed by atoms with Gasteiger partial charge in [-0.05, 0) is 49.1 Å². The molecule has 2 aliphatic rings. The Bertz CT molecular complexity index is 1020. The van der Waals surface area contributed by atoms with Gasteiger partial charge in [0.15, 0.2) is 6.61 Å². The maximum absolute atomic E-state index is 12.9. The van der Waals surface area contributed by atoms with E-state index in [0.29, 0.717) is 12.3 Å². The molecule has 0 radical (unpaired) electrons. The first-order valence-corrected chi connectivity index (χ1v) is 10.4. The molecule has 1 aliphatic heterocycles. The highest BCUT2D eigenvalue weighted by atomic mass is 35.5. The fraction of sp³-hybridized carbons (Fsp3) is 0.391. The van der Waals surface area contributed by atoms with Gasteiger partial charge in [-0.1, -0.05) is 6.07 Å². The Kier molecular flexibility index (Phi) is 6.25. The number of benzene rings is 1. The third-order valence-electron chi connectivity index (χ3n) is 5.92. The highest BCUT2D eigenvalue weighted by molar-refractivity contribution is 5.85. The lowest BCUT2D eigenvalue weighted by Gasteiger charge is -2.36. The van der Waals surface area contributed by atoms with Crippen LogP contribution < -0.4 is 10.1 Å². The van der Waals surface area contributed by atoms with E-state index in [4.69, 9.17) is 9.15 Å². The molecular weight excluding hydrogens is 402 g/mol. The summed E-state index contributed by atoms with van der Waals surface area (Å²) in [6.07, 6.45) is 8.03. The number of aromatic nitrogens is 1. The van der Waals surface area contributed by atoms with Gasteiger partial charge in [-0.2, -0.15) is 0 Å². The first-order valence-electron chi connectivity index (χ1n) is 10.4. The molecule has 3 aromatic rings. The zero-order chi connectivity index (χ0) is 19.6. The van der Waals surface area contributed by atoms with Gasteiger partial charge in [0.05, 0.1) is 6.04 Å². The van der Waals surface area contributed by atoms with Crippen LogP contribution in [0.5, 0.6) is 5.75 Å². The number of carbonyl (C=O) groups is 1. The minimum absolute atomic E-state index is 0. The summed E-state index contributed by atoms with van der Waals surface area (Å²) in [6, 6.07) is 9.77. The lowest BCUT2D eigenvalue weighted by Crippen LogP contribution is -2.50. The molecule has 30 heavy (non-hydrogen) atoms. The molecule has 1 atom stereocenters. The van der Waals surface area contributed by atoms with E-state index in [-0.39, 0.29) is 31.0 Å². The number of rotatable bonds is 4. The Hall–Kier alpha value is -2.57. The van der Waals surface area contributed by atoms with E-state index in [1.165, 1.54) is 18.4 Å². The Morgan fingerprint density at radius 1 is 1.27 bits per heavy atom. The number of nitrogens with one attached hydrogen (secondary N) is 1. The largest absolute Gasteiger partial charge is 0.484 e. The smallest absolute Gasteiger partial charge is 0.261 e. The number of carbonyl (C=O) groups excluding carboxylic acids is 1. The van der Waals surface area contributed by atoms with E-state index >= 15 is 0 Å². The molecule has 1 aliphatic carbocycles. The molecule has 0 bridgehead atoms. The number of aryl methyl sites for hydroxylation is 2.